The molecule has 0 atom stereocenters. The Morgan fingerprint density at radius 1 is 0.941 bits per heavy atom. The first-order valence-corrected chi connectivity index (χ1v) is 10.5. The van der Waals surface area contributed by atoms with Crippen molar-refractivity contribution in [2.45, 2.75) is 13.1 Å². The molecule has 10 heteroatoms. The van der Waals surface area contributed by atoms with Gasteiger partial charge in [-0.3, -0.25) is 10.1 Å². The number of anilines is 3. The predicted molar refractivity (Wildman–Crippen MR) is 125 cm³/mol. The van der Waals surface area contributed by atoms with Crippen LogP contribution in [0.15, 0.2) is 79.3 Å². The van der Waals surface area contributed by atoms with E-state index < -0.39 is 4.92 Å². The van der Waals surface area contributed by atoms with Gasteiger partial charge in [-0.15, -0.1) is 0 Å². The molecule has 4 aromatic rings. The van der Waals surface area contributed by atoms with Gasteiger partial charge in [0, 0.05) is 12.7 Å². The summed E-state index contributed by atoms with van der Waals surface area (Å²) < 4.78 is 10.7. The van der Waals surface area contributed by atoms with Crippen LogP contribution in [0.2, 0.25) is 0 Å². The van der Waals surface area contributed by atoms with Gasteiger partial charge in [-0.2, -0.15) is 0 Å². The maximum absolute atomic E-state index is 12.2. The number of nitrogens with zero attached hydrogens (tertiary/aromatic N) is 5. The van der Waals surface area contributed by atoms with E-state index in [1.54, 1.807) is 23.2 Å². The van der Waals surface area contributed by atoms with Gasteiger partial charge < -0.3 is 19.7 Å². The highest BCUT2D eigenvalue weighted by molar-refractivity contribution is 5.74. The molecule has 0 aliphatic carbocycles. The molecule has 0 unspecified atom stereocenters. The molecule has 3 heterocycles. The number of hydrogen-bond donors (Lipinski definition) is 1. The van der Waals surface area contributed by atoms with E-state index in [4.69, 9.17) is 9.47 Å². The molecule has 170 valence electrons. The molecule has 2 aromatic heterocycles. The Labute approximate surface area is 195 Å². The Hall–Kier alpha value is -4.73. The minimum absolute atomic E-state index is 0.113. The lowest BCUT2D eigenvalue weighted by Crippen LogP contribution is -2.21. The number of rotatable bonds is 8. The SMILES string of the molecule is O=[N+]([O-])c1c(NCc2ccc3c(c2)OCO3)ncnc1N(Cc1ccccc1)c1ccccn1. The van der Waals surface area contributed by atoms with Crippen molar-refractivity contribution in [3.63, 3.8) is 0 Å². The molecule has 1 N–H and O–H groups in total. The zero-order chi connectivity index (χ0) is 23.3. The molecule has 0 bridgehead atoms. The number of benzene rings is 2. The summed E-state index contributed by atoms with van der Waals surface area (Å²) in [5, 5.41) is 15.3. The van der Waals surface area contributed by atoms with Crippen molar-refractivity contribution in [2.75, 3.05) is 17.0 Å². The second-order valence-electron chi connectivity index (χ2n) is 7.45. The summed E-state index contributed by atoms with van der Waals surface area (Å²) in [6.45, 7) is 0.825. The van der Waals surface area contributed by atoms with Crippen molar-refractivity contribution in [2.24, 2.45) is 0 Å². The first-order chi connectivity index (χ1) is 16.7. The van der Waals surface area contributed by atoms with Gasteiger partial charge >= 0.3 is 5.69 Å². The number of aromatic nitrogens is 3. The second-order valence-corrected chi connectivity index (χ2v) is 7.45. The molecule has 0 saturated carbocycles. The summed E-state index contributed by atoms with van der Waals surface area (Å²) in [6.07, 6.45) is 2.95. The molecule has 0 fully saturated rings. The van der Waals surface area contributed by atoms with E-state index in [0.29, 0.717) is 30.4 Å². The Kier molecular flexibility index (Phi) is 5.85. The van der Waals surface area contributed by atoms with E-state index in [1.165, 1.54) is 6.33 Å². The van der Waals surface area contributed by atoms with E-state index in [1.807, 2.05) is 54.6 Å². The van der Waals surface area contributed by atoms with E-state index in [2.05, 4.69) is 20.3 Å². The van der Waals surface area contributed by atoms with Gasteiger partial charge in [0.25, 0.3) is 0 Å². The fraction of sp³-hybridized carbons (Fsp3) is 0.125. The molecule has 0 radical (unpaired) electrons. The van der Waals surface area contributed by atoms with E-state index in [9.17, 15) is 10.1 Å². The van der Waals surface area contributed by atoms with Gasteiger partial charge in [0.1, 0.15) is 12.1 Å². The molecule has 0 spiro atoms. The molecule has 2 aromatic carbocycles. The van der Waals surface area contributed by atoms with Crippen LogP contribution in [0.1, 0.15) is 11.1 Å². The van der Waals surface area contributed by atoms with E-state index in [0.717, 1.165) is 11.1 Å². The third kappa shape index (κ3) is 4.42. The largest absolute Gasteiger partial charge is 0.454 e. The smallest absolute Gasteiger partial charge is 0.353 e. The van der Waals surface area contributed by atoms with Crippen LogP contribution in [0.3, 0.4) is 0 Å². The summed E-state index contributed by atoms with van der Waals surface area (Å²) in [6, 6.07) is 20.5. The van der Waals surface area contributed by atoms with Gasteiger partial charge in [0.05, 0.1) is 11.5 Å². The second kappa shape index (κ2) is 9.41. The molecule has 0 saturated heterocycles. The first kappa shape index (κ1) is 21.1. The van der Waals surface area contributed by atoms with Crippen molar-refractivity contribution >= 4 is 23.1 Å². The van der Waals surface area contributed by atoms with Gasteiger partial charge in [0.2, 0.25) is 18.4 Å². The van der Waals surface area contributed by atoms with Gasteiger partial charge in [-0.05, 0) is 35.4 Å². The number of nitro groups is 1. The molecule has 1 aliphatic heterocycles. The Bertz CT molecular complexity index is 1300. The maximum atomic E-state index is 12.2. The van der Waals surface area contributed by atoms with Crippen LogP contribution >= 0.6 is 0 Å². The molecular weight excluding hydrogens is 436 g/mol. The van der Waals surface area contributed by atoms with Gasteiger partial charge in [0.15, 0.2) is 11.5 Å². The molecule has 10 nitrogen and oxygen atoms in total. The van der Waals surface area contributed by atoms with Crippen LogP contribution in [-0.4, -0.2) is 26.7 Å². The first-order valence-electron chi connectivity index (χ1n) is 10.5. The highest BCUT2D eigenvalue weighted by atomic mass is 16.7. The van der Waals surface area contributed by atoms with Crippen LogP contribution in [0, 0.1) is 10.1 Å². The lowest BCUT2D eigenvalue weighted by atomic mass is 10.2. The summed E-state index contributed by atoms with van der Waals surface area (Å²) in [4.78, 5) is 26.3. The quantitative estimate of drug-likeness (QED) is 0.303. The minimum Gasteiger partial charge on any atom is -0.454 e. The van der Waals surface area contributed by atoms with Crippen LogP contribution in [0.25, 0.3) is 0 Å². The van der Waals surface area contributed by atoms with Crippen LogP contribution in [0.4, 0.5) is 23.1 Å². The monoisotopic (exact) mass is 456 g/mol. The van der Waals surface area contributed by atoms with E-state index >= 15 is 0 Å². The van der Waals surface area contributed by atoms with Crippen LogP contribution < -0.4 is 19.7 Å². The Morgan fingerprint density at radius 2 is 1.76 bits per heavy atom. The highest BCUT2D eigenvalue weighted by Crippen LogP contribution is 2.37. The number of hydrogen-bond acceptors (Lipinski definition) is 9. The molecule has 34 heavy (non-hydrogen) atoms. The Morgan fingerprint density at radius 3 is 2.56 bits per heavy atom. The van der Waals surface area contributed by atoms with Crippen molar-refractivity contribution in [1.82, 2.24) is 15.0 Å². The number of pyridine rings is 1. The molecule has 1 aliphatic rings. The van der Waals surface area contributed by atoms with Crippen molar-refractivity contribution in [3.8, 4) is 11.5 Å². The summed E-state index contributed by atoms with van der Waals surface area (Å²) in [7, 11) is 0. The molecular formula is C24H20N6O4. The number of ether oxygens (including phenoxy) is 2. The van der Waals surface area contributed by atoms with Gasteiger partial charge in [-0.1, -0.05) is 42.5 Å². The number of nitrogens with one attached hydrogen (secondary N) is 1. The molecule has 5 rings (SSSR count). The predicted octanol–water partition coefficient (Wildman–Crippen LogP) is 4.46. The summed E-state index contributed by atoms with van der Waals surface area (Å²) >= 11 is 0. The lowest BCUT2D eigenvalue weighted by Gasteiger charge is -2.23. The fourth-order valence-electron chi connectivity index (χ4n) is 3.64. The molecule has 0 amide bonds. The van der Waals surface area contributed by atoms with Crippen molar-refractivity contribution < 1.29 is 14.4 Å². The average Bonchev–Trinajstić information content (AvgIpc) is 3.35. The van der Waals surface area contributed by atoms with E-state index in [-0.39, 0.29) is 24.1 Å². The zero-order valence-electron chi connectivity index (χ0n) is 18.0. The lowest BCUT2D eigenvalue weighted by molar-refractivity contribution is -0.383. The van der Waals surface area contributed by atoms with Crippen LogP contribution in [-0.2, 0) is 13.1 Å². The zero-order valence-corrected chi connectivity index (χ0v) is 18.0. The van der Waals surface area contributed by atoms with Gasteiger partial charge in [-0.25, -0.2) is 15.0 Å². The third-order valence-electron chi connectivity index (χ3n) is 5.25. The standard InChI is InChI=1S/C24H20N6O4/c31-30(32)22-23(26-13-18-9-10-19-20(12-18)34-16-33-19)27-15-28-24(22)29(21-8-4-5-11-25-21)14-17-6-2-1-3-7-17/h1-12,15H,13-14,16H2,(H,26,27,28). The Balaban J connectivity index is 1.49. The average molecular weight is 456 g/mol. The summed E-state index contributed by atoms with van der Waals surface area (Å²) in [5.74, 6) is 2.11. The topological polar surface area (TPSA) is 116 Å². The van der Waals surface area contributed by atoms with Crippen LogP contribution in [0.5, 0.6) is 11.5 Å². The van der Waals surface area contributed by atoms with Crippen molar-refractivity contribution in [3.05, 3.63) is 100 Å². The fourth-order valence-corrected chi connectivity index (χ4v) is 3.64. The third-order valence-corrected chi connectivity index (χ3v) is 5.25. The number of fused-ring (bicyclic) bond motifs is 1. The normalized spacial score (nSPS) is 11.8. The highest BCUT2D eigenvalue weighted by Gasteiger charge is 2.28. The maximum Gasteiger partial charge on any atom is 0.353 e. The van der Waals surface area contributed by atoms with Crippen molar-refractivity contribution in [1.29, 1.82) is 0 Å². The minimum atomic E-state index is -0.474. The summed E-state index contributed by atoms with van der Waals surface area (Å²) in [5.41, 5.74) is 1.59.